The molecule has 4 heteroatoms. The van der Waals surface area contributed by atoms with Crippen LogP contribution in [0.1, 0.15) is 16.1 Å². The molecule has 3 rings (SSSR count). The van der Waals surface area contributed by atoms with Gasteiger partial charge in [-0.15, -0.1) is 11.3 Å². The minimum Gasteiger partial charge on any atom is -0.339 e. The largest absolute Gasteiger partial charge is 0.339 e. The van der Waals surface area contributed by atoms with Crippen molar-refractivity contribution in [3.05, 3.63) is 53.0 Å². The predicted molar refractivity (Wildman–Crippen MR) is 79.9 cm³/mol. The Kier molecular flexibility index (Phi) is 2.87. The molecule has 0 bridgehead atoms. The van der Waals surface area contributed by atoms with Gasteiger partial charge in [-0.05, 0) is 36.6 Å². The van der Waals surface area contributed by atoms with Crippen molar-refractivity contribution in [2.75, 3.05) is 5.32 Å². The fraction of sp³-hybridized carbons (Fsp3) is 0.133. The number of hydrogen-bond acceptors (Lipinski definition) is 2. The van der Waals surface area contributed by atoms with Crippen molar-refractivity contribution in [1.82, 2.24) is 4.57 Å². The predicted octanol–water partition coefficient (Wildman–Crippen LogP) is 3.80. The zero-order chi connectivity index (χ0) is 13.4. The number of thiophene rings is 1. The van der Waals surface area contributed by atoms with E-state index in [0.29, 0.717) is 5.69 Å². The minimum atomic E-state index is -0.0743. The SMILES string of the molecule is Cc1ccc(NC(=O)c2cc3sccc3n2C)cc1. The number of aryl methyl sites for hydroxylation is 2. The summed E-state index contributed by atoms with van der Waals surface area (Å²) in [6, 6.07) is 11.8. The van der Waals surface area contributed by atoms with Crippen molar-refractivity contribution < 1.29 is 4.79 Å². The highest BCUT2D eigenvalue weighted by Crippen LogP contribution is 2.24. The molecule has 0 aliphatic rings. The van der Waals surface area contributed by atoms with Crippen LogP contribution in [0.3, 0.4) is 0 Å². The number of rotatable bonds is 2. The van der Waals surface area contributed by atoms with E-state index in [4.69, 9.17) is 0 Å². The summed E-state index contributed by atoms with van der Waals surface area (Å²) < 4.78 is 3.06. The molecule has 0 saturated heterocycles. The molecule has 96 valence electrons. The van der Waals surface area contributed by atoms with Crippen LogP contribution < -0.4 is 5.32 Å². The van der Waals surface area contributed by atoms with E-state index in [0.717, 1.165) is 15.9 Å². The fourth-order valence-electron chi connectivity index (χ4n) is 2.10. The van der Waals surface area contributed by atoms with Crippen LogP contribution in [-0.4, -0.2) is 10.5 Å². The Morgan fingerprint density at radius 2 is 1.95 bits per heavy atom. The van der Waals surface area contributed by atoms with Gasteiger partial charge >= 0.3 is 0 Å². The third-order valence-corrected chi connectivity index (χ3v) is 4.06. The summed E-state index contributed by atoms with van der Waals surface area (Å²) in [6.45, 7) is 2.02. The van der Waals surface area contributed by atoms with E-state index >= 15 is 0 Å². The van der Waals surface area contributed by atoms with E-state index in [9.17, 15) is 4.79 Å². The van der Waals surface area contributed by atoms with Crippen LogP contribution in [0.5, 0.6) is 0 Å². The summed E-state index contributed by atoms with van der Waals surface area (Å²) in [5, 5.41) is 4.96. The molecule has 0 fully saturated rings. The second-order valence-corrected chi connectivity index (χ2v) is 5.53. The molecule has 0 radical (unpaired) electrons. The third kappa shape index (κ3) is 2.15. The van der Waals surface area contributed by atoms with Gasteiger partial charge in [0.1, 0.15) is 5.69 Å². The Labute approximate surface area is 115 Å². The van der Waals surface area contributed by atoms with Gasteiger partial charge in [-0.2, -0.15) is 0 Å². The molecule has 1 amide bonds. The number of anilines is 1. The number of carbonyl (C=O) groups excluding carboxylic acids is 1. The molecule has 0 atom stereocenters. The topological polar surface area (TPSA) is 34.0 Å². The summed E-state index contributed by atoms with van der Waals surface area (Å²) in [5.74, 6) is -0.0743. The summed E-state index contributed by atoms with van der Waals surface area (Å²) in [5.41, 5.74) is 3.78. The van der Waals surface area contributed by atoms with Crippen LogP contribution >= 0.6 is 11.3 Å². The number of amides is 1. The molecular weight excluding hydrogens is 256 g/mol. The van der Waals surface area contributed by atoms with Crippen LogP contribution in [0, 0.1) is 6.92 Å². The van der Waals surface area contributed by atoms with Gasteiger partial charge in [0.2, 0.25) is 0 Å². The smallest absolute Gasteiger partial charge is 0.272 e. The Hall–Kier alpha value is -2.07. The minimum absolute atomic E-state index is 0.0743. The summed E-state index contributed by atoms with van der Waals surface area (Å²) >= 11 is 1.65. The highest BCUT2D eigenvalue weighted by atomic mass is 32.1. The second kappa shape index (κ2) is 4.55. The lowest BCUT2D eigenvalue weighted by Crippen LogP contribution is -2.15. The molecule has 0 saturated carbocycles. The van der Waals surface area contributed by atoms with E-state index in [1.54, 1.807) is 11.3 Å². The first-order valence-corrected chi connectivity index (χ1v) is 6.94. The van der Waals surface area contributed by atoms with Gasteiger partial charge in [0, 0.05) is 12.7 Å². The Morgan fingerprint density at radius 1 is 1.21 bits per heavy atom. The normalized spacial score (nSPS) is 10.8. The molecule has 19 heavy (non-hydrogen) atoms. The summed E-state index contributed by atoms with van der Waals surface area (Å²) in [7, 11) is 1.92. The van der Waals surface area contributed by atoms with Crippen molar-refractivity contribution in [1.29, 1.82) is 0 Å². The van der Waals surface area contributed by atoms with Gasteiger partial charge in [0.05, 0.1) is 10.2 Å². The first-order chi connectivity index (χ1) is 9.15. The van der Waals surface area contributed by atoms with Gasteiger partial charge in [-0.25, -0.2) is 0 Å². The molecule has 2 heterocycles. The lowest BCUT2D eigenvalue weighted by Gasteiger charge is -2.06. The van der Waals surface area contributed by atoms with E-state index in [1.165, 1.54) is 5.56 Å². The standard InChI is InChI=1S/C15H14N2OS/c1-10-3-5-11(6-4-10)16-15(18)13-9-14-12(17(13)2)7-8-19-14/h3-9H,1-2H3,(H,16,18). The Morgan fingerprint density at radius 3 is 2.63 bits per heavy atom. The monoisotopic (exact) mass is 270 g/mol. The zero-order valence-electron chi connectivity index (χ0n) is 10.8. The van der Waals surface area contributed by atoms with Crippen LogP contribution in [0.15, 0.2) is 41.8 Å². The van der Waals surface area contributed by atoms with Crippen molar-refractivity contribution in [2.45, 2.75) is 6.92 Å². The molecule has 3 nitrogen and oxygen atoms in total. The van der Waals surface area contributed by atoms with Gasteiger partial charge < -0.3 is 9.88 Å². The molecule has 0 unspecified atom stereocenters. The molecule has 0 aliphatic carbocycles. The maximum Gasteiger partial charge on any atom is 0.272 e. The number of nitrogens with one attached hydrogen (secondary N) is 1. The fourth-order valence-corrected chi connectivity index (χ4v) is 2.95. The van der Waals surface area contributed by atoms with E-state index in [-0.39, 0.29) is 5.91 Å². The zero-order valence-corrected chi connectivity index (χ0v) is 11.6. The molecule has 1 N–H and O–H groups in total. The maximum absolute atomic E-state index is 12.3. The number of carbonyl (C=O) groups is 1. The van der Waals surface area contributed by atoms with Crippen molar-refractivity contribution in [3.63, 3.8) is 0 Å². The summed E-state index contributed by atoms with van der Waals surface area (Å²) in [6.07, 6.45) is 0. The first-order valence-electron chi connectivity index (χ1n) is 6.06. The maximum atomic E-state index is 12.3. The molecule has 2 aromatic heterocycles. The molecule has 3 aromatic rings. The number of benzene rings is 1. The van der Waals surface area contributed by atoms with Gasteiger partial charge in [-0.1, -0.05) is 17.7 Å². The van der Waals surface area contributed by atoms with Crippen molar-refractivity contribution >= 4 is 33.1 Å². The third-order valence-electron chi connectivity index (χ3n) is 3.21. The average Bonchev–Trinajstić information content (AvgIpc) is 2.96. The van der Waals surface area contributed by atoms with Crippen molar-refractivity contribution in [3.8, 4) is 0 Å². The van der Waals surface area contributed by atoms with Crippen LogP contribution in [0.4, 0.5) is 5.69 Å². The highest BCUT2D eigenvalue weighted by molar-refractivity contribution is 7.17. The van der Waals surface area contributed by atoms with E-state index in [2.05, 4.69) is 5.32 Å². The Bertz CT molecular complexity index is 737. The van der Waals surface area contributed by atoms with Gasteiger partial charge in [0.25, 0.3) is 5.91 Å². The van der Waals surface area contributed by atoms with Crippen LogP contribution in [0.2, 0.25) is 0 Å². The second-order valence-electron chi connectivity index (χ2n) is 4.58. The lowest BCUT2D eigenvalue weighted by molar-refractivity contribution is 0.102. The average molecular weight is 270 g/mol. The van der Waals surface area contributed by atoms with E-state index < -0.39 is 0 Å². The van der Waals surface area contributed by atoms with Gasteiger partial charge in [0.15, 0.2) is 0 Å². The number of aromatic nitrogens is 1. The summed E-state index contributed by atoms with van der Waals surface area (Å²) in [4.78, 5) is 12.3. The Balaban J connectivity index is 1.89. The molecular formula is C15H14N2OS. The van der Waals surface area contributed by atoms with Crippen molar-refractivity contribution in [2.24, 2.45) is 7.05 Å². The molecule has 1 aromatic carbocycles. The van der Waals surface area contributed by atoms with Gasteiger partial charge in [-0.3, -0.25) is 4.79 Å². The van der Waals surface area contributed by atoms with Crippen LogP contribution in [0.25, 0.3) is 10.2 Å². The number of nitrogens with zero attached hydrogens (tertiary/aromatic N) is 1. The number of hydrogen-bond donors (Lipinski definition) is 1. The quantitative estimate of drug-likeness (QED) is 0.755. The van der Waals surface area contributed by atoms with E-state index in [1.807, 2.05) is 60.3 Å². The lowest BCUT2D eigenvalue weighted by atomic mass is 10.2. The van der Waals surface area contributed by atoms with Crippen LogP contribution in [-0.2, 0) is 7.05 Å². The molecule has 0 spiro atoms. The molecule has 0 aliphatic heterocycles. The number of fused-ring (bicyclic) bond motifs is 1. The highest BCUT2D eigenvalue weighted by Gasteiger charge is 2.13. The first kappa shape index (κ1) is 12.0.